The van der Waals surface area contributed by atoms with E-state index in [-0.39, 0.29) is 12.1 Å². The predicted octanol–water partition coefficient (Wildman–Crippen LogP) is -0.454. The average Bonchev–Trinajstić information content (AvgIpc) is 2.59. The molecule has 0 aromatic heterocycles. The molecule has 0 spiro atoms. The first kappa shape index (κ1) is 12.9. The summed E-state index contributed by atoms with van der Waals surface area (Å²) in [5.41, 5.74) is -0.00763. The van der Waals surface area contributed by atoms with Gasteiger partial charge in [-0.25, -0.2) is 0 Å². The molecule has 0 aromatic rings. The third-order valence-electron chi connectivity index (χ3n) is 3.52. The van der Waals surface area contributed by atoms with Gasteiger partial charge in [0.15, 0.2) is 0 Å². The van der Waals surface area contributed by atoms with Crippen molar-refractivity contribution in [3.63, 3.8) is 0 Å². The van der Waals surface area contributed by atoms with E-state index in [0.29, 0.717) is 0 Å². The highest BCUT2D eigenvalue weighted by atomic mass is 16.3. The minimum absolute atomic E-state index is 0.00763. The van der Waals surface area contributed by atoms with Gasteiger partial charge < -0.3 is 19.8 Å². The maximum atomic E-state index is 9.50. The van der Waals surface area contributed by atoms with E-state index in [2.05, 4.69) is 42.9 Å². The second-order valence-electron chi connectivity index (χ2n) is 5.11. The normalized spacial score (nSPS) is 28.2. The summed E-state index contributed by atoms with van der Waals surface area (Å²) in [5.74, 6) is 0. The summed E-state index contributed by atoms with van der Waals surface area (Å²) >= 11 is 0. The van der Waals surface area contributed by atoms with Gasteiger partial charge in [0, 0.05) is 26.2 Å². The van der Waals surface area contributed by atoms with Crippen molar-refractivity contribution >= 4 is 0 Å². The first-order valence-corrected chi connectivity index (χ1v) is 5.65. The van der Waals surface area contributed by atoms with Crippen LogP contribution in [-0.2, 0) is 0 Å². The van der Waals surface area contributed by atoms with Crippen LogP contribution in [0.15, 0.2) is 0 Å². The molecule has 0 amide bonds. The van der Waals surface area contributed by atoms with Crippen LogP contribution in [0.25, 0.3) is 0 Å². The Labute approximate surface area is 93.5 Å². The van der Waals surface area contributed by atoms with Crippen molar-refractivity contribution in [3.8, 4) is 0 Å². The molecule has 1 saturated heterocycles. The van der Waals surface area contributed by atoms with Crippen LogP contribution in [0.4, 0.5) is 0 Å². The van der Waals surface area contributed by atoms with Crippen molar-refractivity contribution in [1.29, 1.82) is 0 Å². The Hall–Kier alpha value is -0.160. The second-order valence-corrected chi connectivity index (χ2v) is 5.11. The zero-order valence-corrected chi connectivity index (χ0v) is 10.5. The van der Waals surface area contributed by atoms with Crippen LogP contribution in [0.1, 0.15) is 6.42 Å². The molecule has 1 rings (SSSR count). The number of likely N-dealkylation sites (N-methyl/N-ethyl adjacent to an activating group) is 2. The summed E-state index contributed by atoms with van der Waals surface area (Å²) in [5, 5.41) is 9.50. The van der Waals surface area contributed by atoms with Crippen molar-refractivity contribution in [1.82, 2.24) is 14.7 Å². The minimum Gasteiger partial charge on any atom is -0.394 e. The van der Waals surface area contributed by atoms with E-state index in [9.17, 15) is 5.11 Å². The molecule has 0 radical (unpaired) electrons. The summed E-state index contributed by atoms with van der Waals surface area (Å²) in [6.07, 6.45) is 1.07. The Balaban J connectivity index is 2.43. The summed E-state index contributed by atoms with van der Waals surface area (Å²) in [4.78, 5) is 6.81. The van der Waals surface area contributed by atoms with E-state index in [1.807, 2.05) is 0 Å². The van der Waals surface area contributed by atoms with Gasteiger partial charge in [-0.05, 0) is 34.6 Å². The largest absolute Gasteiger partial charge is 0.394 e. The predicted molar refractivity (Wildman–Crippen MR) is 63.1 cm³/mol. The number of likely N-dealkylation sites (tertiary alicyclic amines) is 1. The van der Waals surface area contributed by atoms with Crippen molar-refractivity contribution in [2.24, 2.45) is 0 Å². The fourth-order valence-electron chi connectivity index (χ4n) is 2.11. The zero-order valence-electron chi connectivity index (χ0n) is 10.5. The number of aliphatic hydroxyl groups is 1. The van der Waals surface area contributed by atoms with Crippen molar-refractivity contribution in [2.45, 2.75) is 12.0 Å². The fraction of sp³-hybridized carbons (Fsp3) is 1.00. The van der Waals surface area contributed by atoms with Crippen LogP contribution in [0, 0.1) is 0 Å². The van der Waals surface area contributed by atoms with Crippen LogP contribution in [-0.4, -0.2) is 86.3 Å². The number of hydrogen-bond donors (Lipinski definition) is 1. The Morgan fingerprint density at radius 1 is 1.27 bits per heavy atom. The van der Waals surface area contributed by atoms with Gasteiger partial charge in [-0.3, -0.25) is 0 Å². The van der Waals surface area contributed by atoms with Crippen LogP contribution in [0.2, 0.25) is 0 Å². The standard InChI is InChI=1S/C11H25N3O/c1-12(2)7-8-14-6-5-11(9-14,10-15)13(3)4/h15H,5-10H2,1-4H3. The van der Waals surface area contributed by atoms with Crippen molar-refractivity contribution < 1.29 is 5.11 Å². The molecule has 1 N–H and O–H groups in total. The zero-order chi connectivity index (χ0) is 11.5. The summed E-state index contributed by atoms with van der Waals surface area (Å²) in [6, 6.07) is 0. The van der Waals surface area contributed by atoms with Crippen molar-refractivity contribution in [2.75, 3.05) is 61.0 Å². The maximum absolute atomic E-state index is 9.50. The summed E-state index contributed by atoms with van der Waals surface area (Å²) in [7, 11) is 8.32. The van der Waals surface area contributed by atoms with Crippen LogP contribution in [0.3, 0.4) is 0 Å². The minimum atomic E-state index is -0.00763. The molecule has 90 valence electrons. The van der Waals surface area contributed by atoms with Gasteiger partial charge in [-0.15, -0.1) is 0 Å². The molecule has 4 nitrogen and oxygen atoms in total. The van der Waals surface area contributed by atoms with Gasteiger partial charge in [0.1, 0.15) is 0 Å². The Kier molecular flexibility index (Phi) is 4.52. The fourth-order valence-corrected chi connectivity index (χ4v) is 2.11. The molecule has 0 aliphatic carbocycles. The molecule has 1 heterocycles. The van der Waals surface area contributed by atoms with Gasteiger partial charge in [-0.2, -0.15) is 0 Å². The average molecular weight is 215 g/mol. The third kappa shape index (κ3) is 3.14. The molecule has 15 heavy (non-hydrogen) atoms. The molecule has 0 saturated carbocycles. The smallest absolute Gasteiger partial charge is 0.0628 e. The van der Waals surface area contributed by atoms with Gasteiger partial charge in [0.05, 0.1) is 12.1 Å². The Morgan fingerprint density at radius 3 is 2.33 bits per heavy atom. The van der Waals surface area contributed by atoms with Gasteiger partial charge in [0.2, 0.25) is 0 Å². The molecule has 0 aromatic carbocycles. The second kappa shape index (κ2) is 5.25. The SMILES string of the molecule is CN(C)CCN1CCC(CO)(N(C)C)C1. The monoisotopic (exact) mass is 215 g/mol. The molecular formula is C11H25N3O. The first-order chi connectivity index (χ1) is 7.00. The number of rotatable bonds is 5. The summed E-state index contributed by atoms with van der Waals surface area (Å²) in [6.45, 7) is 4.55. The lowest BCUT2D eigenvalue weighted by molar-refractivity contribution is 0.0737. The highest BCUT2D eigenvalue weighted by molar-refractivity contribution is 4.96. The highest BCUT2D eigenvalue weighted by Crippen LogP contribution is 2.25. The summed E-state index contributed by atoms with van der Waals surface area (Å²) < 4.78 is 0. The molecule has 1 fully saturated rings. The van der Waals surface area contributed by atoms with Crippen molar-refractivity contribution in [3.05, 3.63) is 0 Å². The van der Waals surface area contributed by atoms with E-state index in [1.54, 1.807) is 0 Å². The quantitative estimate of drug-likeness (QED) is 0.672. The Bertz CT molecular complexity index is 196. The first-order valence-electron chi connectivity index (χ1n) is 5.65. The van der Waals surface area contributed by atoms with E-state index < -0.39 is 0 Å². The molecule has 4 heteroatoms. The molecule has 1 unspecified atom stereocenters. The van der Waals surface area contributed by atoms with E-state index in [4.69, 9.17) is 0 Å². The van der Waals surface area contributed by atoms with E-state index >= 15 is 0 Å². The molecule has 1 aliphatic rings. The third-order valence-corrected chi connectivity index (χ3v) is 3.52. The van der Waals surface area contributed by atoms with Crippen LogP contribution < -0.4 is 0 Å². The molecule has 0 bridgehead atoms. The van der Waals surface area contributed by atoms with Crippen LogP contribution >= 0.6 is 0 Å². The van der Waals surface area contributed by atoms with Crippen LogP contribution in [0.5, 0.6) is 0 Å². The molecular weight excluding hydrogens is 190 g/mol. The Morgan fingerprint density at radius 2 is 1.93 bits per heavy atom. The number of nitrogens with zero attached hydrogens (tertiary/aromatic N) is 3. The van der Waals surface area contributed by atoms with E-state index in [0.717, 1.165) is 32.6 Å². The van der Waals surface area contributed by atoms with Gasteiger partial charge in [-0.1, -0.05) is 0 Å². The maximum Gasteiger partial charge on any atom is 0.0628 e. The lowest BCUT2D eigenvalue weighted by atomic mass is 9.99. The molecule has 1 aliphatic heterocycles. The lowest BCUT2D eigenvalue weighted by Crippen LogP contribution is -2.50. The lowest BCUT2D eigenvalue weighted by Gasteiger charge is -2.34. The topological polar surface area (TPSA) is 30.0 Å². The van der Waals surface area contributed by atoms with E-state index in [1.165, 1.54) is 0 Å². The molecule has 1 atom stereocenters. The van der Waals surface area contributed by atoms with Gasteiger partial charge >= 0.3 is 0 Å². The number of aliphatic hydroxyl groups excluding tert-OH is 1. The number of hydrogen-bond acceptors (Lipinski definition) is 4. The highest BCUT2D eigenvalue weighted by Gasteiger charge is 2.39. The van der Waals surface area contributed by atoms with Gasteiger partial charge in [0.25, 0.3) is 0 Å².